The number of rotatable bonds is 8. The standard InChI is InChI=1S/C22H25NO3S2/c1-16(2)18-9-11-19(12-10-18)22(21-8-5-13-27-21)23-28(24,25)15-17-6-4-7-20(14-17)26-3/h4-14,16,22-23H,15H2,1-3H3. The van der Waals surface area contributed by atoms with Gasteiger partial charge in [0, 0.05) is 4.88 Å². The molecule has 0 bridgehead atoms. The molecule has 0 saturated heterocycles. The smallest absolute Gasteiger partial charge is 0.216 e. The lowest BCUT2D eigenvalue weighted by molar-refractivity contribution is 0.414. The van der Waals surface area contributed by atoms with E-state index in [4.69, 9.17) is 4.74 Å². The zero-order valence-electron chi connectivity index (χ0n) is 16.3. The van der Waals surface area contributed by atoms with Crippen molar-refractivity contribution in [1.29, 1.82) is 0 Å². The van der Waals surface area contributed by atoms with Gasteiger partial charge in [0.15, 0.2) is 0 Å². The predicted molar refractivity (Wildman–Crippen MR) is 115 cm³/mol. The lowest BCUT2D eigenvalue weighted by Crippen LogP contribution is -2.30. The van der Waals surface area contributed by atoms with E-state index in [-0.39, 0.29) is 5.75 Å². The molecule has 1 unspecified atom stereocenters. The minimum absolute atomic E-state index is 0.101. The molecule has 1 N–H and O–H groups in total. The molecule has 28 heavy (non-hydrogen) atoms. The van der Waals surface area contributed by atoms with E-state index in [9.17, 15) is 8.42 Å². The van der Waals surface area contributed by atoms with Crippen LogP contribution in [0.15, 0.2) is 66.0 Å². The first kappa shape index (κ1) is 20.6. The molecule has 0 saturated carbocycles. The highest BCUT2D eigenvalue weighted by Gasteiger charge is 2.23. The van der Waals surface area contributed by atoms with Crippen molar-refractivity contribution >= 4 is 21.4 Å². The maximum atomic E-state index is 12.9. The van der Waals surface area contributed by atoms with Gasteiger partial charge in [0.2, 0.25) is 10.0 Å². The van der Waals surface area contributed by atoms with Gasteiger partial charge < -0.3 is 4.74 Å². The molecule has 0 fully saturated rings. The normalized spacial score (nSPS) is 12.9. The van der Waals surface area contributed by atoms with Crippen molar-refractivity contribution in [3.8, 4) is 5.75 Å². The topological polar surface area (TPSA) is 55.4 Å². The van der Waals surface area contributed by atoms with Crippen molar-refractivity contribution < 1.29 is 13.2 Å². The van der Waals surface area contributed by atoms with Crippen LogP contribution in [0, 0.1) is 0 Å². The van der Waals surface area contributed by atoms with E-state index >= 15 is 0 Å². The Bertz CT molecular complexity index is 995. The minimum Gasteiger partial charge on any atom is -0.497 e. The number of sulfonamides is 1. The first-order chi connectivity index (χ1) is 13.4. The molecule has 4 nitrogen and oxygen atoms in total. The Labute approximate surface area is 171 Å². The first-order valence-electron chi connectivity index (χ1n) is 9.14. The van der Waals surface area contributed by atoms with E-state index < -0.39 is 16.1 Å². The molecular weight excluding hydrogens is 390 g/mol. The molecule has 3 rings (SSSR count). The van der Waals surface area contributed by atoms with Gasteiger partial charge in [-0.1, -0.05) is 56.3 Å². The molecule has 0 aliphatic carbocycles. The number of methoxy groups -OCH3 is 1. The molecule has 1 aromatic heterocycles. The second-order valence-electron chi connectivity index (χ2n) is 7.00. The fraction of sp³-hybridized carbons (Fsp3) is 0.273. The van der Waals surface area contributed by atoms with Crippen LogP contribution in [0.3, 0.4) is 0 Å². The molecule has 0 aliphatic rings. The van der Waals surface area contributed by atoms with Crippen LogP contribution in [0.5, 0.6) is 5.75 Å². The average molecular weight is 416 g/mol. The number of thiophene rings is 1. The first-order valence-corrected chi connectivity index (χ1v) is 11.7. The summed E-state index contributed by atoms with van der Waals surface area (Å²) in [7, 11) is -1.99. The number of nitrogens with one attached hydrogen (secondary N) is 1. The van der Waals surface area contributed by atoms with Crippen molar-refractivity contribution in [2.75, 3.05) is 7.11 Å². The summed E-state index contributed by atoms with van der Waals surface area (Å²) in [5.41, 5.74) is 2.85. The fourth-order valence-corrected chi connectivity index (χ4v) is 5.22. The third-order valence-corrected chi connectivity index (χ3v) is 6.80. The van der Waals surface area contributed by atoms with Crippen molar-refractivity contribution in [2.45, 2.75) is 31.6 Å². The quantitative estimate of drug-likeness (QED) is 0.558. The largest absolute Gasteiger partial charge is 0.497 e. The van der Waals surface area contributed by atoms with Crippen molar-refractivity contribution in [3.05, 3.63) is 87.6 Å². The predicted octanol–water partition coefficient (Wildman–Crippen LogP) is 5.09. The summed E-state index contributed by atoms with van der Waals surface area (Å²) in [6.45, 7) is 4.28. The van der Waals surface area contributed by atoms with Gasteiger partial charge in [-0.25, -0.2) is 13.1 Å². The molecule has 0 amide bonds. The Morgan fingerprint density at radius 2 is 1.71 bits per heavy atom. The van der Waals surface area contributed by atoms with Crippen LogP contribution in [0.2, 0.25) is 0 Å². The zero-order chi connectivity index (χ0) is 20.1. The number of hydrogen-bond acceptors (Lipinski definition) is 4. The van der Waals surface area contributed by atoms with Gasteiger partial charge in [0.25, 0.3) is 0 Å². The Balaban J connectivity index is 1.86. The Morgan fingerprint density at radius 1 is 1.00 bits per heavy atom. The van der Waals surface area contributed by atoms with E-state index in [1.165, 1.54) is 5.56 Å². The highest BCUT2D eigenvalue weighted by atomic mass is 32.2. The molecule has 1 heterocycles. The lowest BCUT2D eigenvalue weighted by atomic mass is 9.99. The van der Waals surface area contributed by atoms with Gasteiger partial charge in [-0.3, -0.25) is 0 Å². The summed E-state index contributed by atoms with van der Waals surface area (Å²) >= 11 is 1.54. The molecule has 3 aromatic rings. The fourth-order valence-electron chi connectivity index (χ4n) is 3.02. The molecule has 6 heteroatoms. The van der Waals surface area contributed by atoms with E-state index in [2.05, 4.69) is 30.7 Å². The van der Waals surface area contributed by atoms with Gasteiger partial charge in [-0.05, 0) is 46.2 Å². The monoisotopic (exact) mass is 415 g/mol. The Hall–Kier alpha value is -2.15. The summed E-state index contributed by atoms with van der Waals surface area (Å²) in [5, 5.41) is 1.96. The minimum atomic E-state index is -3.56. The molecular formula is C22H25NO3S2. The maximum Gasteiger partial charge on any atom is 0.216 e. The van der Waals surface area contributed by atoms with Crippen LogP contribution < -0.4 is 9.46 Å². The third kappa shape index (κ3) is 5.22. The molecule has 0 radical (unpaired) electrons. The van der Waals surface area contributed by atoms with E-state index in [1.807, 2.05) is 29.6 Å². The second-order valence-corrected chi connectivity index (χ2v) is 9.73. The van der Waals surface area contributed by atoms with E-state index in [0.717, 1.165) is 10.4 Å². The van der Waals surface area contributed by atoms with Crippen molar-refractivity contribution in [1.82, 2.24) is 4.72 Å². The lowest BCUT2D eigenvalue weighted by Gasteiger charge is -2.19. The van der Waals surface area contributed by atoms with Gasteiger partial charge >= 0.3 is 0 Å². The van der Waals surface area contributed by atoms with Crippen LogP contribution in [-0.2, 0) is 15.8 Å². The zero-order valence-corrected chi connectivity index (χ0v) is 17.9. The number of ether oxygens (including phenoxy) is 1. The molecule has 0 aliphatic heterocycles. The van der Waals surface area contributed by atoms with Crippen molar-refractivity contribution in [3.63, 3.8) is 0 Å². The van der Waals surface area contributed by atoms with Gasteiger partial charge in [0.05, 0.1) is 18.9 Å². The number of benzene rings is 2. The average Bonchev–Trinajstić information content (AvgIpc) is 3.20. The SMILES string of the molecule is COc1cccc(CS(=O)(=O)NC(c2ccc(C(C)C)cc2)c2cccs2)c1. The van der Waals surface area contributed by atoms with Gasteiger partial charge in [-0.2, -0.15) is 0 Å². The summed E-state index contributed by atoms with van der Waals surface area (Å²) in [6, 6.07) is 18.8. The van der Waals surface area contributed by atoms with Gasteiger partial charge in [0.1, 0.15) is 5.75 Å². The van der Waals surface area contributed by atoms with E-state index in [0.29, 0.717) is 17.2 Å². The summed E-state index contributed by atoms with van der Waals surface area (Å²) in [6.07, 6.45) is 0. The highest BCUT2D eigenvalue weighted by Crippen LogP contribution is 2.28. The van der Waals surface area contributed by atoms with Crippen molar-refractivity contribution in [2.24, 2.45) is 0 Å². The van der Waals surface area contributed by atoms with Gasteiger partial charge in [-0.15, -0.1) is 11.3 Å². The molecule has 1 atom stereocenters. The summed E-state index contributed by atoms with van der Waals surface area (Å²) in [5.74, 6) is 0.974. The van der Waals surface area contributed by atoms with Crippen LogP contribution in [0.25, 0.3) is 0 Å². The maximum absolute atomic E-state index is 12.9. The van der Waals surface area contributed by atoms with Crippen LogP contribution >= 0.6 is 11.3 Å². The van der Waals surface area contributed by atoms with E-state index in [1.54, 1.807) is 42.7 Å². The molecule has 2 aromatic carbocycles. The Kier molecular flexibility index (Phi) is 6.54. The highest BCUT2D eigenvalue weighted by molar-refractivity contribution is 7.88. The molecule has 0 spiro atoms. The summed E-state index contributed by atoms with van der Waals surface area (Å²) in [4.78, 5) is 0.964. The summed E-state index contributed by atoms with van der Waals surface area (Å²) < 4.78 is 33.9. The molecule has 148 valence electrons. The Morgan fingerprint density at radius 3 is 2.32 bits per heavy atom. The van der Waals surface area contributed by atoms with Crippen LogP contribution in [-0.4, -0.2) is 15.5 Å². The number of hydrogen-bond donors (Lipinski definition) is 1. The van der Waals surface area contributed by atoms with Crippen LogP contribution in [0.4, 0.5) is 0 Å². The van der Waals surface area contributed by atoms with Crippen LogP contribution in [0.1, 0.15) is 47.4 Å². The second kappa shape index (κ2) is 8.90. The third-order valence-electron chi connectivity index (χ3n) is 4.55.